The summed E-state index contributed by atoms with van der Waals surface area (Å²) in [6.45, 7) is 2.65. The first kappa shape index (κ1) is 10.2. The Balaban J connectivity index is 1.92. The van der Waals surface area contributed by atoms with Gasteiger partial charge >= 0.3 is 0 Å². The third-order valence-electron chi connectivity index (χ3n) is 2.72. The van der Waals surface area contributed by atoms with Crippen LogP contribution in [0.2, 0.25) is 0 Å². The lowest BCUT2D eigenvalue weighted by Crippen LogP contribution is -2.35. The molecule has 2 rings (SSSR count). The van der Waals surface area contributed by atoms with Crippen LogP contribution in [0, 0.1) is 5.92 Å². The average Bonchev–Trinajstić information content (AvgIpc) is 2.31. The van der Waals surface area contributed by atoms with E-state index in [0.717, 1.165) is 44.6 Å². The molecule has 0 saturated carbocycles. The van der Waals surface area contributed by atoms with Gasteiger partial charge in [-0.25, -0.2) is 9.97 Å². The topological polar surface area (TPSA) is 46.1 Å². The van der Waals surface area contributed by atoms with Crippen molar-refractivity contribution in [1.29, 1.82) is 0 Å². The van der Waals surface area contributed by atoms with Crippen LogP contribution in [0.25, 0.3) is 0 Å². The van der Waals surface area contributed by atoms with Gasteiger partial charge in [0, 0.05) is 24.9 Å². The Morgan fingerprint density at radius 3 is 3.00 bits per heavy atom. The smallest absolute Gasteiger partial charge is 0.142 e. The Kier molecular flexibility index (Phi) is 3.40. The average molecular weight is 205 g/mol. The molecule has 4 nitrogen and oxygen atoms in total. The number of hydrogen-bond acceptors (Lipinski definition) is 4. The highest BCUT2D eigenvalue weighted by atomic mass is 16.1. The summed E-state index contributed by atoms with van der Waals surface area (Å²) in [4.78, 5) is 21.3. The van der Waals surface area contributed by atoms with Gasteiger partial charge in [0.25, 0.3) is 0 Å². The number of likely N-dealkylation sites (tertiary alicyclic amines) is 1. The molecule has 0 amide bonds. The third-order valence-corrected chi connectivity index (χ3v) is 2.72. The van der Waals surface area contributed by atoms with Gasteiger partial charge in [-0.15, -0.1) is 0 Å². The van der Waals surface area contributed by atoms with Crippen LogP contribution >= 0.6 is 0 Å². The van der Waals surface area contributed by atoms with Crippen molar-refractivity contribution in [2.24, 2.45) is 5.92 Å². The Bertz CT molecular complexity index is 315. The van der Waals surface area contributed by atoms with Crippen LogP contribution in [-0.2, 0) is 11.3 Å². The van der Waals surface area contributed by atoms with Gasteiger partial charge in [0.15, 0.2) is 0 Å². The van der Waals surface area contributed by atoms with Crippen molar-refractivity contribution in [3.8, 4) is 0 Å². The minimum absolute atomic E-state index is 0.197. The first-order valence-corrected chi connectivity index (χ1v) is 5.32. The fourth-order valence-corrected chi connectivity index (χ4v) is 1.96. The van der Waals surface area contributed by atoms with E-state index >= 15 is 0 Å². The number of carbonyl (C=O) groups excluding carboxylic acids is 1. The highest BCUT2D eigenvalue weighted by Crippen LogP contribution is 2.15. The molecule has 0 N–H and O–H groups in total. The number of hydrogen-bond donors (Lipinski definition) is 0. The van der Waals surface area contributed by atoms with Gasteiger partial charge in [-0.05, 0) is 25.5 Å². The Labute approximate surface area is 89.3 Å². The lowest BCUT2D eigenvalue weighted by atomic mass is 10.00. The molecule has 1 fully saturated rings. The molecule has 1 aliphatic heterocycles. The summed E-state index contributed by atoms with van der Waals surface area (Å²) in [7, 11) is 0. The fraction of sp³-hybridized carbons (Fsp3) is 0.545. The van der Waals surface area contributed by atoms with Crippen molar-refractivity contribution in [1.82, 2.24) is 14.9 Å². The van der Waals surface area contributed by atoms with Crippen LogP contribution in [0.1, 0.15) is 18.7 Å². The second-order valence-electron chi connectivity index (χ2n) is 3.94. The molecule has 1 aromatic rings. The second kappa shape index (κ2) is 4.98. The van der Waals surface area contributed by atoms with Gasteiger partial charge < -0.3 is 4.79 Å². The minimum Gasteiger partial charge on any atom is -0.303 e. The molecule has 2 heterocycles. The number of aromatic nitrogens is 2. The zero-order chi connectivity index (χ0) is 10.5. The quantitative estimate of drug-likeness (QED) is 0.687. The summed E-state index contributed by atoms with van der Waals surface area (Å²) < 4.78 is 0. The summed E-state index contributed by atoms with van der Waals surface area (Å²) >= 11 is 0. The van der Waals surface area contributed by atoms with Crippen LogP contribution in [0.5, 0.6) is 0 Å². The van der Waals surface area contributed by atoms with E-state index in [1.807, 2.05) is 6.07 Å². The summed E-state index contributed by atoms with van der Waals surface area (Å²) in [5, 5.41) is 0. The Hall–Kier alpha value is -1.29. The predicted molar refractivity (Wildman–Crippen MR) is 56.1 cm³/mol. The second-order valence-corrected chi connectivity index (χ2v) is 3.94. The minimum atomic E-state index is 0.197. The van der Waals surface area contributed by atoms with Gasteiger partial charge in [-0.1, -0.05) is 0 Å². The van der Waals surface area contributed by atoms with E-state index < -0.39 is 0 Å². The molecular formula is C11H15N3O. The van der Waals surface area contributed by atoms with Crippen LogP contribution in [0.4, 0.5) is 0 Å². The summed E-state index contributed by atoms with van der Waals surface area (Å²) in [6.07, 6.45) is 6.69. The molecule has 0 aromatic carbocycles. The summed E-state index contributed by atoms with van der Waals surface area (Å²) in [5.41, 5.74) is 0. The molecular weight excluding hydrogens is 190 g/mol. The van der Waals surface area contributed by atoms with Crippen LogP contribution in [0.3, 0.4) is 0 Å². The molecule has 1 atom stereocenters. The molecule has 0 bridgehead atoms. The molecule has 0 aliphatic carbocycles. The summed E-state index contributed by atoms with van der Waals surface area (Å²) in [6, 6.07) is 1.81. The van der Waals surface area contributed by atoms with Crippen molar-refractivity contribution >= 4 is 6.29 Å². The fourth-order valence-electron chi connectivity index (χ4n) is 1.96. The first-order valence-electron chi connectivity index (χ1n) is 5.32. The summed E-state index contributed by atoms with van der Waals surface area (Å²) in [5.74, 6) is 1.03. The Morgan fingerprint density at radius 1 is 1.47 bits per heavy atom. The molecule has 0 spiro atoms. The van der Waals surface area contributed by atoms with Crippen molar-refractivity contribution in [2.75, 3.05) is 13.1 Å². The van der Waals surface area contributed by atoms with Gasteiger partial charge in [0.1, 0.15) is 12.1 Å². The molecule has 1 saturated heterocycles. The third kappa shape index (κ3) is 2.83. The van der Waals surface area contributed by atoms with E-state index in [9.17, 15) is 4.79 Å². The van der Waals surface area contributed by atoms with Gasteiger partial charge in [0.2, 0.25) is 0 Å². The van der Waals surface area contributed by atoms with E-state index in [1.165, 1.54) is 0 Å². The molecule has 80 valence electrons. The maximum atomic E-state index is 10.7. The molecule has 0 radical (unpaired) electrons. The van der Waals surface area contributed by atoms with Crippen molar-refractivity contribution in [2.45, 2.75) is 19.4 Å². The lowest BCUT2D eigenvalue weighted by Gasteiger charge is -2.29. The number of nitrogens with zero attached hydrogens (tertiary/aromatic N) is 3. The normalized spacial score (nSPS) is 22.5. The van der Waals surface area contributed by atoms with Crippen LogP contribution in [0.15, 0.2) is 18.5 Å². The van der Waals surface area contributed by atoms with Gasteiger partial charge in [-0.2, -0.15) is 0 Å². The molecule has 1 unspecified atom stereocenters. The van der Waals surface area contributed by atoms with Crippen LogP contribution in [-0.4, -0.2) is 34.2 Å². The van der Waals surface area contributed by atoms with Crippen LogP contribution < -0.4 is 0 Å². The largest absolute Gasteiger partial charge is 0.303 e. The maximum Gasteiger partial charge on any atom is 0.142 e. The van der Waals surface area contributed by atoms with E-state index in [0.29, 0.717) is 0 Å². The van der Waals surface area contributed by atoms with Gasteiger partial charge in [0.05, 0.1) is 6.54 Å². The highest BCUT2D eigenvalue weighted by molar-refractivity contribution is 5.53. The highest BCUT2D eigenvalue weighted by Gasteiger charge is 2.19. The van der Waals surface area contributed by atoms with Crippen molar-refractivity contribution in [3.63, 3.8) is 0 Å². The number of piperidine rings is 1. The SMILES string of the molecule is O=CC1CCCN(Cc2ncccn2)C1. The van der Waals surface area contributed by atoms with E-state index in [1.54, 1.807) is 12.4 Å². The monoisotopic (exact) mass is 205 g/mol. The predicted octanol–water partition coefficient (Wildman–Crippen LogP) is 0.888. The molecule has 4 heteroatoms. The first-order chi connectivity index (χ1) is 7.38. The van der Waals surface area contributed by atoms with Crippen molar-refractivity contribution in [3.05, 3.63) is 24.3 Å². The zero-order valence-electron chi connectivity index (χ0n) is 8.67. The van der Waals surface area contributed by atoms with Gasteiger partial charge in [-0.3, -0.25) is 4.90 Å². The zero-order valence-corrected chi connectivity index (χ0v) is 8.67. The maximum absolute atomic E-state index is 10.7. The van der Waals surface area contributed by atoms with E-state index in [4.69, 9.17) is 0 Å². The standard InChI is InChI=1S/C11H15N3O/c15-9-10-3-1-6-14(7-10)8-11-12-4-2-5-13-11/h2,4-5,9-10H,1,3,6-8H2. The molecule has 1 aromatic heterocycles. The van der Waals surface area contributed by atoms with Crippen molar-refractivity contribution < 1.29 is 4.79 Å². The number of aldehydes is 1. The number of rotatable bonds is 3. The Morgan fingerprint density at radius 2 is 2.27 bits per heavy atom. The van der Waals surface area contributed by atoms with E-state index in [2.05, 4.69) is 14.9 Å². The van der Waals surface area contributed by atoms with E-state index in [-0.39, 0.29) is 5.92 Å². The molecule has 1 aliphatic rings. The number of carbonyl (C=O) groups is 1. The lowest BCUT2D eigenvalue weighted by molar-refractivity contribution is -0.112. The molecule has 15 heavy (non-hydrogen) atoms.